The van der Waals surface area contributed by atoms with Gasteiger partial charge >= 0.3 is 5.97 Å². The van der Waals surface area contributed by atoms with Gasteiger partial charge in [0.2, 0.25) is 10.0 Å². The summed E-state index contributed by atoms with van der Waals surface area (Å²) < 4.78 is 26.6. The molecule has 0 bridgehead atoms. The van der Waals surface area contributed by atoms with Gasteiger partial charge in [-0.1, -0.05) is 11.6 Å². The number of aliphatic carboxylic acids is 1. The Morgan fingerprint density at radius 1 is 1.43 bits per heavy atom. The second kappa shape index (κ2) is 5.24. The summed E-state index contributed by atoms with van der Waals surface area (Å²) in [6, 6.07) is 2.88. The third kappa shape index (κ3) is 2.85. The van der Waals surface area contributed by atoms with Crippen molar-refractivity contribution < 1.29 is 23.2 Å². The van der Waals surface area contributed by atoms with E-state index in [2.05, 4.69) is 4.72 Å². The van der Waals surface area contributed by atoms with Gasteiger partial charge in [-0.05, 0) is 25.3 Å². The zero-order valence-electron chi connectivity index (χ0n) is 10.6. The summed E-state index contributed by atoms with van der Waals surface area (Å²) in [5.41, 5.74) is -1.88. The molecule has 0 atom stereocenters. The number of hydrogen-bond acceptors (Lipinski definition) is 5. The van der Waals surface area contributed by atoms with Crippen molar-refractivity contribution in [3.8, 4) is 0 Å². The molecule has 0 aromatic heterocycles. The van der Waals surface area contributed by atoms with E-state index in [0.29, 0.717) is 6.42 Å². The first-order chi connectivity index (χ1) is 9.68. The Bertz CT molecular complexity index is 713. The molecular weight excluding hydrogens is 324 g/mol. The maximum Gasteiger partial charge on any atom is 0.324 e. The Balaban J connectivity index is 2.36. The number of carboxylic acid groups (broad SMARTS) is 1. The maximum atomic E-state index is 12.2. The van der Waals surface area contributed by atoms with Crippen molar-refractivity contribution >= 4 is 33.3 Å². The zero-order valence-corrected chi connectivity index (χ0v) is 12.1. The Labute approximate surface area is 124 Å². The minimum Gasteiger partial charge on any atom is -0.480 e. The molecular formula is C11H11ClN2O6S. The van der Waals surface area contributed by atoms with Crippen LogP contribution in [0.25, 0.3) is 0 Å². The molecule has 0 saturated heterocycles. The topological polar surface area (TPSA) is 127 Å². The maximum absolute atomic E-state index is 12.2. The number of carboxylic acids is 1. The predicted molar refractivity (Wildman–Crippen MR) is 72.6 cm³/mol. The first kappa shape index (κ1) is 15.7. The average Bonchev–Trinajstić information content (AvgIpc) is 2.32. The van der Waals surface area contributed by atoms with Crippen LogP contribution < -0.4 is 4.72 Å². The summed E-state index contributed by atoms with van der Waals surface area (Å²) in [6.45, 7) is 0. The Kier molecular flexibility index (Phi) is 3.91. The monoisotopic (exact) mass is 334 g/mol. The van der Waals surface area contributed by atoms with Crippen LogP contribution >= 0.6 is 11.6 Å². The van der Waals surface area contributed by atoms with E-state index in [-0.39, 0.29) is 28.4 Å². The summed E-state index contributed by atoms with van der Waals surface area (Å²) in [4.78, 5) is 20.7. The van der Waals surface area contributed by atoms with Gasteiger partial charge in [-0.15, -0.1) is 0 Å². The lowest BCUT2D eigenvalue weighted by Crippen LogP contribution is -2.58. The highest BCUT2D eigenvalue weighted by Gasteiger charge is 2.47. The van der Waals surface area contributed by atoms with Crippen molar-refractivity contribution in [3.05, 3.63) is 33.3 Å². The average molecular weight is 335 g/mol. The molecule has 21 heavy (non-hydrogen) atoms. The largest absolute Gasteiger partial charge is 0.480 e. The molecule has 1 aliphatic rings. The lowest BCUT2D eigenvalue weighted by molar-refractivity contribution is -0.384. The number of sulfonamides is 1. The number of halogens is 1. The highest BCUT2D eigenvalue weighted by Crippen LogP contribution is 2.35. The molecule has 1 aliphatic carbocycles. The van der Waals surface area contributed by atoms with Gasteiger partial charge in [0, 0.05) is 12.1 Å². The van der Waals surface area contributed by atoms with Crippen molar-refractivity contribution in [1.82, 2.24) is 4.72 Å². The van der Waals surface area contributed by atoms with E-state index in [0.717, 1.165) is 18.2 Å². The second-order valence-electron chi connectivity index (χ2n) is 4.72. The number of nitrogens with zero attached hydrogens (tertiary/aromatic N) is 1. The molecule has 0 aliphatic heterocycles. The van der Waals surface area contributed by atoms with Crippen LogP contribution in [0, 0.1) is 10.1 Å². The molecule has 0 heterocycles. The number of nitro benzene ring substituents is 1. The van der Waals surface area contributed by atoms with Crippen LogP contribution in [-0.2, 0) is 14.8 Å². The van der Waals surface area contributed by atoms with Crippen LogP contribution in [0.2, 0.25) is 5.02 Å². The Hall–Kier alpha value is -1.71. The van der Waals surface area contributed by atoms with Crippen molar-refractivity contribution in [2.45, 2.75) is 29.7 Å². The lowest BCUT2D eigenvalue weighted by Gasteiger charge is -2.37. The van der Waals surface area contributed by atoms with Crippen molar-refractivity contribution in [3.63, 3.8) is 0 Å². The van der Waals surface area contributed by atoms with Crippen LogP contribution in [-0.4, -0.2) is 30.0 Å². The fraction of sp³-hybridized carbons (Fsp3) is 0.364. The number of benzene rings is 1. The standard InChI is InChI=1S/C11H11ClN2O6S/c12-8-6-7(14(17)18)2-3-9(8)21(19,20)13-11(10(15)16)4-1-5-11/h2-3,6,13H,1,4-5H2,(H,15,16). The van der Waals surface area contributed by atoms with Crippen LogP contribution in [0.4, 0.5) is 5.69 Å². The summed E-state index contributed by atoms with van der Waals surface area (Å²) in [5, 5.41) is 19.4. The molecule has 0 unspecified atom stereocenters. The normalized spacial score (nSPS) is 17.0. The number of carbonyl (C=O) groups is 1. The number of rotatable bonds is 5. The molecule has 1 aromatic carbocycles. The van der Waals surface area contributed by atoms with Gasteiger partial charge in [0.1, 0.15) is 10.4 Å². The van der Waals surface area contributed by atoms with E-state index in [1.807, 2.05) is 0 Å². The SMILES string of the molecule is O=C(O)C1(NS(=O)(=O)c2ccc([N+](=O)[O-])cc2Cl)CCC1. The summed E-state index contributed by atoms with van der Waals surface area (Å²) in [5.74, 6) is -1.25. The molecule has 1 saturated carbocycles. The zero-order chi connectivity index (χ0) is 15.8. The van der Waals surface area contributed by atoms with E-state index >= 15 is 0 Å². The fourth-order valence-corrected chi connectivity index (χ4v) is 3.98. The lowest BCUT2D eigenvalue weighted by atomic mass is 9.78. The van der Waals surface area contributed by atoms with Crippen LogP contribution in [0.3, 0.4) is 0 Å². The summed E-state index contributed by atoms with van der Waals surface area (Å²) >= 11 is 5.76. The van der Waals surface area contributed by atoms with Crippen LogP contribution in [0.1, 0.15) is 19.3 Å². The Morgan fingerprint density at radius 3 is 2.43 bits per heavy atom. The van der Waals surface area contributed by atoms with Crippen molar-refractivity contribution in [1.29, 1.82) is 0 Å². The predicted octanol–water partition coefficient (Wildman–Crippen LogP) is 1.53. The van der Waals surface area contributed by atoms with E-state index < -0.39 is 26.5 Å². The molecule has 1 aromatic rings. The third-order valence-electron chi connectivity index (χ3n) is 3.36. The number of non-ortho nitro benzene ring substituents is 1. The first-order valence-corrected chi connectivity index (χ1v) is 7.75. The molecule has 2 N–H and O–H groups in total. The molecule has 114 valence electrons. The quantitative estimate of drug-likeness (QED) is 0.621. The molecule has 0 amide bonds. The van der Waals surface area contributed by atoms with Gasteiger partial charge in [-0.3, -0.25) is 14.9 Å². The van der Waals surface area contributed by atoms with Gasteiger partial charge in [-0.2, -0.15) is 4.72 Å². The third-order valence-corrected chi connectivity index (χ3v) is 5.38. The van der Waals surface area contributed by atoms with E-state index in [4.69, 9.17) is 16.7 Å². The Morgan fingerprint density at radius 2 is 2.05 bits per heavy atom. The van der Waals surface area contributed by atoms with Gasteiger partial charge < -0.3 is 5.11 Å². The van der Waals surface area contributed by atoms with Gasteiger partial charge in [0.15, 0.2) is 0 Å². The summed E-state index contributed by atoms with van der Waals surface area (Å²) in [6.07, 6.45) is 0.973. The van der Waals surface area contributed by atoms with Gasteiger partial charge in [0.25, 0.3) is 5.69 Å². The van der Waals surface area contributed by atoms with E-state index in [1.165, 1.54) is 0 Å². The minimum absolute atomic E-state index is 0.187. The molecule has 8 nitrogen and oxygen atoms in total. The smallest absolute Gasteiger partial charge is 0.324 e. The number of nitro groups is 1. The summed E-state index contributed by atoms with van der Waals surface area (Å²) in [7, 11) is -4.18. The van der Waals surface area contributed by atoms with Crippen LogP contribution in [0.15, 0.2) is 23.1 Å². The highest BCUT2D eigenvalue weighted by atomic mass is 35.5. The molecule has 0 radical (unpaired) electrons. The minimum atomic E-state index is -4.18. The molecule has 10 heteroatoms. The molecule has 2 rings (SSSR count). The van der Waals surface area contributed by atoms with Crippen LogP contribution in [0.5, 0.6) is 0 Å². The molecule has 1 fully saturated rings. The first-order valence-electron chi connectivity index (χ1n) is 5.89. The van der Waals surface area contributed by atoms with Gasteiger partial charge in [0.05, 0.1) is 9.95 Å². The second-order valence-corrected chi connectivity index (χ2v) is 6.78. The van der Waals surface area contributed by atoms with Crippen molar-refractivity contribution in [2.75, 3.05) is 0 Å². The number of nitrogens with one attached hydrogen (secondary N) is 1. The highest BCUT2D eigenvalue weighted by molar-refractivity contribution is 7.89. The number of hydrogen-bond donors (Lipinski definition) is 2. The van der Waals surface area contributed by atoms with Gasteiger partial charge in [-0.25, -0.2) is 8.42 Å². The van der Waals surface area contributed by atoms with Crippen molar-refractivity contribution in [2.24, 2.45) is 0 Å². The fourth-order valence-electron chi connectivity index (χ4n) is 2.02. The van der Waals surface area contributed by atoms with E-state index in [9.17, 15) is 23.3 Å². The molecule has 0 spiro atoms. The van der Waals surface area contributed by atoms with E-state index in [1.54, 1.807) is 0 Å².